The minimum Gasteiger partial charge on any atom is -0.193 e. The Morgan fingerprint density at radius 2 is 1.88 bits per heavy atom. The normalized spacial score (nSPS) is 33.4. The van der Waals surface area contributed by atoms with Gasteiger partial charge >= 0.3 is 5.25 Å². The summed E-state index contributed by atoms with van der Waals surface area (Å²) in [5.74, 6) is 0.120. The smallest absolute Gasteiger partial charge is 0.193 e. The van der Waals surface area contributed by atoms with Crippen molar-refractivity contribution < 1.29 is 8.78 Å². The van der Waals surface area contributed by atoms with Crippen LogP contribution in [0.15, 0.2) is 0 Å². The average Bonchev–Trinajstić information content (AvgIpc) is 2.13. The van der Waals surface area contributed by atoms with Gasteiger partial charge in [0.25, 0.3) is 0 Å². The minimum absolute atomic E-state index is 0.120. The first-order valence-electron chi connectivity index (χ1n) is 2.59. The third-order valence-corrected chi connectivity index (χ3v) is 2.57. The Bertz CT molecular complexity index is 101. The molecule has 1 aliphatic rings. The lowest BCUT2D eigenvalue weighted by atomic mass is 10.1. The van der Waals surface area contributed by atoms with Crippen LogP contribution < -0.4 is 0 Å². The molecule has 1 aliphatic heterocycles. The predicted molar refractivity (Wildman–Crippen MR) is 31.2 cm³/mol. The van der Waals surface area contributed by atoms with Gasteiger partial charge in [0.05, 0.1) is 5.25 Å². The minimum atomic E-state index is -2.39. The second-order valence-corrected chi connectivity index (χ2v) is 3.63. The van der Waals surface area contributed by atoms with E-state index in [-0.39, 0.29) is 5.92 Å². The zero-order valence-electron chi connectivity index (χ0n) is 4.82. The van der Waals surface area contributed by atoms with Crippen molar-refractivity contribution in [1.82, 2.24) is 0 Å². The molecule has 1 rings (SSSR count). The van der Waals surface area contributed by atoms with Crippen LogP contribution in [0.5, 0.6) is 0 Å². The number of alkyl halides is 2. The van der Waals surface area contributed by atoms with Gasteiger partial charge in [0.1, 0.15) is 0 Å². The van der Waals surface area contributed by atoms with E-state index in [1.54, 1.807) is 0 Å². The summed E-state index contributed by atoms with van der Waals surface area (Å²) in [5, 5.41) is -2.80. The van der Waals surface area contributed by atoms with Gasteiger partial charge in [0.2, 0.25) is 0 Å². The summed E-state index contributed by atoms with van der Waals surface area (Å²) in [6.07, 6.45) is 0. The van der Waals surface area contributed by atoms with Crippen molar-refractivity contribution in [3.05, 3.63) is 0 Å². The maximum Gasteiger partial charge on any atom is 0.306 e. The molecule has 0 N–H and O–H groups in total. The van der Waals surface area contributed by atoms with Crippen molar-refractivity contribution in [1.29, 1.82) is 0 Å². The summed E-state index contributed by atoms with van der Waals surface area (Å²) in [7, 11) is 0. The Morgan fingerprint density at radius 1 is 1.50 bits per heavy atom. The predicted octanol–water partition coefficient (Wildman–Crippen LogP) is 2.35. The summed E-state index contributed by atoms with van der Waals surface area (Å²) in [5.41, 5.74) is 0. The topological polar surface area (TPSA) is 0 Å². The molecule has 0 saturated carbocycles. The summed E-state index contributed by atoms with van der Waals surface area (Å²) in [6.45, 7) is 3.64. The van der Waals surface area contributed by atoms with Crippen molar-refractivity contribution in [2.45, 2.75) is 24.4 Å². The molecule has 1 fully saturated rings. The Labute approximate surface area is 51.6 Å². The number of hydrogen-bond acceptors (Lipinski definition) is 1. The first-order chi connectivity index (χ1) is 3.54. The first-order valence-corrected chi connectivity index (χ1v) is 3.47. The molecule has 0 spiro atoms. The molecule has 1 atom stereocenters. The molecule has 1 saturated heterocycles. The molecular weight excluding hydrogens is 130 g/mol. The van der Waals surface area contributed by atoms with E-state index in [4.69, 9.17) is 0 Å². The van der Waals surface area contributed by atoms with Crippen molar-refractivity contribution in [3.8, 4) is 0 Å². The maximum absolute atomic E-state index is 12.0. The highest BCUT2D eigenvalue weighted by molar-refractivity contribution is 8.08. The van der Waals surface area contributed by atoms with E-state index < -0.39 is 10.5 Å². The molecule has 0 aromatic carbocycles. The molecule has 48 valence electrons. The molecule has 1 heterocycles. The monoisotopic (exact) mass is 138 g/mol. The molecule has 0 radical (unpaired) electrons. The van der Waals surface area contributed by atoms with Crippen LogP contribution in [0, 0.1) is 5.92 Å². The van der Waals surface area contributed by atoms with Crippen LogP contribution in [-0.2, 0) is 0 Å². The zero-order chi connectivity index (χ0) is 6.36. The Balaban J connectivity index is 2.37. The largest absolute Gasteiger partial charge is 0.306 e. The summed E-state index contributed by atoms with van der Waals surface area (Å²) in [6, 6.07) is 0. The Kier molecular flexibility index (Phi) is 1.26. The average molecular weight is 138 g/mol. The summed E-state index contributed by atoms with van der Waals surface area (Å²) >= 11 is 0.769. The standard InChI is InChI=1S/C5H8F2S/c1-3(2)4-5(6,7)8-4/h3-4H,1-2H3. The molecule has 0 aliphatic carbocycles. The van der Waals surface area contributed by atoms with Gasteiger partial charge in [-0.3, -0.25) is 0 Å². The van der Waals surface area contributed by atoms with Gasteiger partial charge in [0.15, 0.2) is 0 Å². The van der Waals surface area contributed by atoms with E-state index in [9.17, 15) is 8.78 Å². The second kappa shape index (κ2) is 1.59. The highest BCUT2D eigenvalue weighted by Crippen LogP contribution is 2.59. The fourth-order valence-corrected chi connectivity index (χ4v) is 1.47. The lowest BCUT2D eigenvalue weighted by Gasteiger charge is -1.96. The van der Waals surface area contributed by atoms with Crippen molar-refractivity contribution in [2.24, 2.45) is 5.92 Å². The van der Waals surface area contributed by atoms with Gasteiger partial charge in [-0.2, -0.15) is 8.78 Å². The van der Waals surface area contributed by atoms with Gasteiger partial charge in [-0.15, -0.1) is 0 Å². The van der Waals surface area contributed by atoms with Crippen LogP contribution in [0.2, 0.25) is 0 Å². The third kappa shape index (κ3) is 0.966. The SMILES string of the molecule is CC(C)C1SC1(F)F. The second-order valence-electron chi connectivity index (χ2n) is 2.34. The van der Waals surface area contributed by atoms with Gasteiger partial charge in [0, 0.05) is 0 Å². The molecular formula is C5H8F2S. The van der Waals surface area contributed by atoms with Crippen LogP contribution in [0.4, 0.5) is 8.78 Å². The van der Waals surface area contributed by atoms with Crippen LogP contribution in [0.1, 0.15) is 13.8 Å². The molecule has 0 nitrogen and oxygen atoms in total. The molecule has 8 heavy (non-hydrogen) atoms. The number of rotatable bonds is 1. The summed E-state index contributed by atoms with van der Waals surface area (Å²) < 4.78 is 24.0. The molecule has 0 aromatic rings. The van der Waals surface area contributed by atoms with E-state index in [0.29, 0.717) is 0 Å². The highest BCUT2D eigenvalue weighted by Gasteiger charge is 2.59. The Morgan fingerprint density at radius 3 is 1.88 bits per heavy atom. The number of hydrogen-bond donors (Lipinski definition) is 0. The third-order valence-electron chi connectivity index (χ3n) is 1.16. The van der Waals surface area contributed by atoms with E-state index in [2.05, 4.69) is 0 Å². The van der Waals surface area contributed by atoms with E-state index in [0.717, 1.165) is 11.8 Å². The van der Waals surface area contributed by atoms with Crippen molar-refractivity contribution in [3.63, 3.8) is 0 Å². The molecule has 1 unspecified atom stereocenters. The van der Waals surface area contributed by atoms with Crippen LogP contribution >= 0.6 is 11.8 Å². The van der Waals surface area contributed by atoms with E-state index >= 15 is 0 Å². The van der Waals surface area contributed by atoms with Gasteiger partial charge < -0.3 is 0 Å². The van der Waals surface area contributed by atoms with Crippen molar-refractivity contribution in [2.75, 3.05) is 0 Å². The highest BCUT2D eigenvalue weighted by atomic mass is 32.2. The lowest BCUT2D eigenvalue weighted by molar-refractivity contribution is 0.132. The number of halogens is 2. The molecule has 3 heteroatoms. The van der Waals surface area contributed by atoms with Gasteiger partial charge in [-0.25, -0.2) is 0 Å². The summed E-state index contributed by atoms with van der Waals surface area (Å²) in [4.78, 5) is 0. The van der Waals surface area contributed by atoms with Crippen LogP contribution in [-0.4, -0.2) is 10.5 Å². The fourth-order valence-electron chi connectivity index (χ4n) is 0.659. The van der Waals surface area contributed by atoms with Crippen LogP contribution in [0.3, 0.4) is 0 Å². The maximum atomic E-state index is 12.0. The van der Waals surface area contributed by atoms with Crippen molar-refractivity contribution >= 4 is 11.8 Å². The first kappa shape index (κ1) is 6.33. The Hall–Kier alpha value is 0.210. The zero-order valence-corrected chi connectivity index (χ0v) is 5.64. The van der Waals surface area contributed by atoms with E-state index in [1.807, 2.05) is 13.8 Å². The van der Waals surface area contributed by atoms with Gasteiger partial charge in [-0.1, -0.05) is 25.6 Å². The van der Waals surface area contributed by atoms with Crippen LogP contribution in [0.25, 0.3) is 0 Å². The number of thioether (sulfide) groups is 1. The van der Waals surface area contributed by atoms with E-state index in [1.165, 1.54) is 0 Å². The molecule has 0 bridgehead atoms. The quantitative estimate of drug-likeness (QED) is 0.501. The molecule has 0 aromatic heterocycles. The van der Waals surface area contributed by atoms with Gasteiger partial charge in [-0.05, 0) is 5.92 Å². The molecule has 0 amide bonds. The fraction of sp³-hybridized carbons (Fsp3) is 1.00. The lowest BCUT2D eigenvalue weighted by Crippen LogP contribution is -2.05.